The molecule has 1 heterocycles. The van der Waals surface area contributed by atoms with Crippen LogP contribution in [0.4, 0.5) is 17.1 Å². The molecule has 13 heteroatoms. The van der Waals surface area contributed by atoms with Crippen molar-refractivity contribution in [2.24, 2.45) is 0 Å². The number of nitrogens with one attached hydrogen (secondary N) is 2. The number of carbonyl (C=O) groups excluding carboxylic acids is 1. The number of amides is 1. The molecular formula is C44H43N5O6S2. The third kappa shape index (κ3) is 9.57. The van der Waals surface area contributed by atoms with Crippen LogP contribution in [0, 0.1) is 10.1 Å². The average Bonchev–Trinajstić information content (AvgIpc) is 3.23. The number of thioether (sulfide) groups is 1. The fraction of sp³-hybridized carbons (Fsp3) is 0.205. The highest BCUT2D eigenvalue weighted by molar-refractivity contribution is 7.99. The minimum atomic E-state index is -4.40. The normalized spacial score (nSPS) is 13.3. The molecule has 1 aliphatic heterocycles. The average molecular weight is 802 g/mol. The second-order valence-corrected chi connectivity index (χ2v) is 16.4. The highest BCUT2D eigenvalue weighted by atomic mass is 32.2. The molecule has 1 saturated heterocycles. The summed E-state index contributed by atoms with van der Waals surface area (Å²) in [5.74, 6) is 0.679. The zero-order valence-electron chi connectivity index (χ0n) is 31.5. The number of ether oxygens (including phenoxy) is 1. The number of anilines is 2. The maximum Gasteiger partial charge on any atom is 0.293 e. The summed E-state index contributed by atoms with van der Waals surface area (Å²) >= 11 is 1.59. The summed E-state index contributed by atoms with van der Waals surface area (Å²) in [5, 5.41) is 17.3. The van der Waals surface area contributed by atoms with Gasteiger partial charge in [0.2, 0.25) is 0 Å². The lowest BCUT2D eigenvalue weighted by Crippen LogP contribution is -2.46. The van der Waals surface area contributed by atoms with Crippen molar-refractivity contribution in [3.63, 3.8) is 0 Å². The van der Waals surface area contributed by atoms with E-state index < -0.39 is 26.5 Å². The highest BCUT2D eigenvalue weighted by Crippen LogP contribution is 2.34. The summed E-state index contributed by atoms with van der Waals surface area (Å²) in [5.41, 5.74) is 4.45. The van der Waals surface area contributed by atoms with Crippen LogP contribution in [0.2, 0.25) is 0 Å². The van der Waals surface area contributed by atoms with Gasteiger partial charge in [-0.2, -0.15) is 0 Å². The zero-order valence-corrected chi connectivity index (χ0v) is 33.1. The van der Waals surface area contributed by atoms with Gasteiger partial charge in [-0.3, -0.25) is 19.8 Å². The lowest BCUT2D eigenvalue weighted by Gasteiger charge is -2.36. The topological polar surface area (TPSA) is 134 Å². The van der Waals surface area contributed by atoms with Gasteiger partial charge in [0.05, 0.1) is 16.4 Å². The third-order valence-corrected chi connectivity index (χ3v) is 12.2. The molecule has 0 saturated carbocycles. The van der Waals surface area contributed by atoms with Gasteiger partial charge in [-0.15, -0.1) is 11.8 Å². The van der Waals surface area contributed by atoms with Crippen molar-refractivity contribution in [1.29, 1.82) is 0 Å². The Hall–Kier alpha value is -5.89. The van der Waals surface area contributed by atoms with Gasteiger partial charge in [0, 0.05) is 67.2 Å². The van der Waals surface area contributed by atoms with E-state index >= 15 is 0 Å². The molecule has 7 rings (SSSR count). The molecule has 0 bridgehead atoms. The number of benzene rings is 6. The minimum Gasteiger partial charge on any atom is -0.494 e. The molecule has 0 aliphatic carbocycles. The van der Waals surface area contributed by atoms with Gasteiger partial charge in [-0.25, -0.2) is 13.1 Å². The molecule has 0 aromatic heterocycles. The molecule has 0 unspecified atom stereocenters. The maximum atomic E-state index is 13.2. The monoisotopic (exact) mass is 801 g/mol. The van der Waals surface area contributed by atoms with Crippen molar-refractivity contribution in [3.8, 4) is 16.9 Å². The number of rotatable bonds is 15. The number of hydrogen-bond acceptors (Lipinski definition) is 10. The van der Waals surface area contributed by atoms with Crippen LogP contribution < -0.4 is 19.7 Å². The molecule has 11 nitrogen and oxygen atoms in total. The van der Waals surface area contributed by atoms with Crippen molar-refractivity contribution < 1.29 is 22.9 Å². The molecule has 6 aromatic rings. The molecule has 292 valence electrons. The Balaban J connectivity index is 0.940. The first-order valence-corrected chi connectivity index (χ1v) is 21.2. The van der Waals surface area contributed by atoms with Gasteiger partial charge < -0.3 is 15.0 Å². The largest absolute Gasteiger partial charge is 0.494 e. The van der Waals surface area contributed by atoms with Gasteiger partial charge in [0.1, 0.15) is 11.4 Å². The van der Waals surface area contributed by atoms with Crippen LogP contribution in [-0.2, 0) is 16.6 Å². The van der Waals surface area contributed by atoms with Crippen LogP contribution in [0.5, 0.6) is 5.75 Å². The third-order valence-electron chi connectivity index (χ3n) is 9.86. The number of nitro benzene ring substituents is 1. The summed E-state index contributed by atoms with van der Waals surface area (Å²) < 4.78 is 34.2. The van der Waals surface area contributed by atoms with E-state index in [1.165, 1.54) is 34.0 Å². The summed E-state index contributed by atoms with van der Waals surface area (Å²) in [6, 6.07) is 41.3. The fourth-order valence-electron chi connectivity index (χ4n) is 6.99. The lowest BCUT2D eigenvalue weighted by molar-refractivity contribution is -0.384. The first-order valence-electron chi connectivity index (χ1n) is 18.8. The number of carbonyl (C=O) groups is 1. The Morgan fingerprint density at radius 2 is 1.56 bits per heavy atom. The first-order chi connectivity index (χ1) is 27.7. The number of nitro groups is 1. The summed E-state index contributed by atoms with van der Waals surface area (Å²) in [7, 11) is -4.40. The Kier molecular flexibility index (Phi) is 12.4. The van der Waals surface area contributed by atoms with E-state index in [9.17, 15) is 23.3 Å². The van der Waals surface area contributed by atoms with Crippen LogP contribution >= 0.6 is 11.8 Å². The number of hydrogen-bond donors (Lipinski definition) is 2. The summed E-state index contributed by atoms with van der Waals surface area (Å²) in [4.78, 5) is 29.7. The molecule has 1 fully saturated rings. The standard InChI is InChI=1S/C44H43N5O6S2/c1-2-55-36-10-8-9-33(29-36)40-21-17-34(39-13-6-7-14-41(39)40)31-47-24-26-48(27-25-47)35-18-15-32(16-19-35)44(50)46-57(53,54)38-20-22-42(43(30-38)49(51)52)45-23-28-56-37-11-4-3-5-12-37/h3-22,29-30,45H,2,23-28,31H2,1H3,(H,46,50). The Morgan fingerprint density at radius 1 is 0.825 bits per heavy atom. The van der Waals surface area contributed by atoms with Gasteiger partial charge in [-0.1, -0.05) is 66.7 Å². The maximum absolute atomic E-state index is 13.2. The van der Waals surface area contributed by atoms with Crippen LogP contribution in [0.15, 0.2) is 143 Å². The van der Waals surface area contributed by atoms with E-state index in [0.29, 0.717) is 18.9 Å². The van der Waals surface area contributed by atoms with E-state index in [1.807, 2.05) is 61.5 Å². The Bertz CT molecular complexity index is 2470. The van der Waals surface area contributed by atoms with E-state index in [-0.39, 0.29) is 16.1 Å². The minimum absolute atomic E-state index is 0.157. The molecule has 0 radical (unpaired) electrons. The van der Waals surface area contributed by atoms with Crippen molar-refractivity contribution in [1.82, 2.24) is 9.62 Å². The smallest absolute Gasteiger partial charge is 0.293 e. The number of nitrogens with zero attached hydrogens (tertiary/aromatic N) is 3. The summed E-state index contributed by atoms with van der Waals surface area (Å²) in [6.45, 7) is 7.11. The number of piperazine rings is 1. The Labute approximate surface area is 336 Å². The van der Waals surface area contributed by atoms with Crippen LogP contribution in [0.3, 0.4) is 0 Å². The molecular weight excluding hydrogens is 759 g/mol. The predicted molar refractivity (Wildman–Crippen MR) is 228 cm³/mol. The molecule has 1 aliphatic rings. The zero-order chi connectivity index (χ0) is 39.8. The van der Waals surface area contributed by atoms with Crippen molar-refractivity contribution in [2.45, 2.75) is 23.3 Å². The molecule has 0 atom stereocenters. The molecule has 1 amide bonds. The van der Waals surface area contributed by atoms with Crippen molar-refractivity contribution in [2.75, 3.05) is 55.3 Å². The van der Waals surface area contributed by atoms with Crippen molar-refractivity contribution >= 4 is 55.5 Å². The van der Waals surface area contributed by atoms with E-state index in [0.717, 1.165) is 60.7 Å². The molecule has 57 heavy (non-hydrogen) atoms. The molecule has 0 spiro atoms. The van der Waals surface area contributed by atoms with Crippen LogP contribution in [0.25, 0.3) is 21.9 Å². The Morgan fingerprint density at radius 3 is 2.30 bits per heavy atom. The first kappa shape index (κ1) is 39.3. The van der Waals surface area contributed by atoms with E-state index in [2.05, 4.69) is 68.4 Å². The summed E-state index contributed by atoms with van der Waals surface area (Å²) in [6.07, 6.45) is 0. The second-order valence-electron chi connectivity index (χ2n) is 13.5. The SMILES string of the molecule is CCOc1cccc(-c2ccc(CN3CCN(c4ccc(C(=O)NS(=O)(=O)c5ccc(NCCSc6ccccc6)c([N+](=O)[O-])c5)cc4)CC3)c3ccccc23)c1. The molecule has 6 aromatic carbocycles. The van der Waals surface area contributed by atoms with E-state index in [4.69, 9.17) is 4.74 Å². The van der Waals surface area contributed by atoms with Crippen molar-refractivity contribution in [3.05, 3.63) is 155 Å². The van der Waals surface area contributed by atoms with Crippen LogP contribution in [-0.4, -0.2) is 69.2 Å². The molecule has 2 N–H and O–H groups in total. The fourth-order valence-corrected chi connectivity index (χ4v) is 8.77. The van der Waals surface area contributed by atoms with Gasteiger partial charge in [-0.05, 0) is 95.1 Å². The van der Waals surface area contributed by atoms with Gasteiger partial charge >= 0.3 is 0 Å². The number of sulfonamides is 1. The highest BCUT2D eigenvalue weighted by Gasteiger charge is 2.25. The van der Waals surface area contributed by atoms with E-state index in [1.54, 1.807) is 23.9 Å². The number of fused-ring (bicyclic) bond motifs is 1. The predicted octanol–water partition coefficient (Wildman–Crippen LogP) is 8.46. The van der Waals surface area contributed by atoms with Crippen LogP contribution in [0.1, 0.15) is 22.8 Å². The van der Waals surface area contributed by atoms with Gasteiger partial charge in [0.25, 0.3) is 21.6 Å². The lowest BCUT2D eigenvalue weighted by atomic mass is 9.94. The quantitative estimate of drug-likeness (QED) is 0.0451. The van der Waals surface area contributed by atoms with Gasteiger partial charge in [0.15, 0.2) is 0 Å². The second kappa shape index (κ2) is 17.9.